The van der Waals surface area contributed by atoms with Crippen LogP contribution in [-0.4, -0.2) is 53.0 Å². The second-order valence-corrected chi connectivity index (χ2v) is 6.57. The van der Waals surface area contributed by atoms with Crippen molar-refractivity contribution < 1.29 is 23.5 Å². The summed E-state index contributed by atoms with van der Waals surface area (Å²) >= 11 is 0. The molecule has 0 saturated carbocycles. The van der Waals surface area contributed by atoms with E-state index in [4.69, 9.17) is 9.52 Å². The van der Waals surface area contributed by atoms with Crippen LogP contribution in [-0.2, 0) is 6.54 Å². The molecule has 2 aromatic rings. The normalized spacial score (nSPS) is 15.3. The number of benzene rings is 1. The quantitative estimate of drug-likeness (QED) is 0.907. The van der Waals surface area contributed by atoms with Crippen LogP contribution in [0, 0.1) is 19.7 Å². The smallest absolute Gasteiger partial charge is 0.372 e. The Balaban J connectivity index is 1.62. The lowest BCUT2D eigenvalue weighted by molar-refractivity contribution is 0.0624. The van der Waals surface area contributed by atoms with Gasteiger partial charge in [-0.1, -0.05) is 0 Å². The molecule has 1 aliphatic rings. The predicted octanol–water partition coefficient (Wildman–Crippen LogP) is 2.69. The topological polar surface area (TPSA) is 74.0 Å². The van der Waals surface area contributed by atoms with Gasteiger partial charge in [0.1, 0.15) is 5.82 Å². The number of carboxylic acids is 1. The summed E-state index contributed by atoms with van der Waals surface area (Å²) in [5.41, 5.74) is 2.06. The van der Waals surface area contributed by atoms with Crippen LogP contribution >= 0.6 is 0 Å². The number of rotatable bonds is 4. The highest BCUT2D eigenvalue weighted by Crippen LogP contribution is 2.18. The number of furan rings is 1. The van der Waals surface area contributed by atoms with Gasteiger partial charge in [0.05, 0.1) is 6.26 Å². The van der Waals surface area contributed by atoms with Gasteiger partial charge in [-0.25, -0.2) is 9.18 Å². The predicted molar refractivity (Wildman–Crippen MR) is 92.7 cm³/mol. The van der Waals surface area contributed by atoms with Gasteiger partial charge in [-0.2, -0.15) is 0 Å². The third-order valence-electron chi connectivity index (χ3n) is 4.68. The molecule has 0 unspecified atom stereocenters. The number of hydrogen-bond donors (Lipinski definition) is 1. The summed E-state index contributed by atoms with van der Waals surface area (Å²) in [4.78, 5) is 27.6. The van der Waals surface area contributed by atoms with Crippen molar-refractivity contribution >= 4 is 11.9 Å². The van der Waals surface area contributed by atoms with Crippen LogP contribution in [0.3, 0.4) is 0 Å². The zero-order chi connectivity index (χ0) is 18.8. The molecule has 2 heterocycles. The Kier molecular flexibility index (Phi) is 5.08. The van der Waals surface area contributed by atoms with Crippen molar-refractivity contribution in [3.8, 4) is 0 Å². The molecule has 1 fully saturated rings. The Bertz CT molecular complexity index is 815. The lowest BCUT2D eigenvalue weighted by atomic mass is 10.1. The van der Waals surface area contributed by atoms with Gasteiger partial charge < -0.3 is 14.4 Å². The van der Waals surface area contributed by atoms with Gasteiger partial charge in [0.2, 0.25) is 5.76 Å². The van der Waals surface area contributed by atoms with Crippen LogP contribution in [0.25, 0.3) is 0 Å². The first kappa shape index (κ1) is 18.1. The van der Waals surface area contributed by atoms with Crippen LogP contribution in [0.4, 0.5) is 4.39 Å². The average Bonchev–Trinajstić information content (AvgIpc) is 3.07. The Morgan fingerprint density at radius 3 is 2.35 bits per heavy atom. The maximum atomic E-state index is 13.8. The van der Waals surface area contributed by atoms with Crippen molar-refractivity contribution in [2.24, 2.45) is 0 Å². The molecule has 3 rings (SSSR count). The Morgan fingerprint density at radius 1 is 1.15 bits per heavy atom. The van der Waals surface area contributed by atoms with E-state index >= 15 is 0 Å². The zero-order valence-electron chi connectivity index (χ0n) is 14.8. The molecule has 26 heavy (non-hydrogen) atoms. The first-order valence-electron chi connectivity index (χ1n) is 8.45. The van der Waals surface area contributed by atoms with Crippen molar-refractivity contribution in [3.05, 3.63) is 58.3 Å². The second kappa shape index (κ2) is 7.29. The highest BCUT2D eigenvalue weighted by Gasteiger charge is 2.24. The van der Waals surface area contributed by atoms with Crippen molar-refractivity contribution in [1.82, 2.24) is 9.80 Å². The SMILES string of the molecule is Cc1cc(C(=O)N2CCN(Cc3ccoc3C(=O)O)CC2)cc(C)c1F. The molecule has 0 bridgehead atoms. The van der Waals surface area contributed by atoms with Gasteiger partial charge in [0.25, 0.3) is 5.91 Å². The number of amides is 1. The molecule has 1 aromatic carbocycles. The number of aryl methyl sites for hydroxylation is 2. The summed E-state index contributed by atoms with van der Waals surface area (Å²) in [6, 6.07) is 4.83. The fourth-order valence-electron chi connectivity index (χ4n) is 3.25. The van der Waals surface area contributed by atoms with E-state index in [1.807, 2.05) is 0 Å². The number of halogens is 1. The molecule has 0 aliphatic carbocycles. The van der Waals surface area contributed by atoms with Gasteiger partial charge in [-0.15, -0.1) is 0 Å². The third kappa shape index (κ3) is 3.62. The molecular weight excluding hydrogens is 339 g/mol. The van der Waals surface area contributed by atoms with E-state index in [1.165, 1.54) is 6.26 Å². The molecule has 0 radical (unpaired) electrons. The number of hydrogen-bond acceptors (Lipinski definition) is 4. The molecule has 1 aliphatic heterocycles. The summed E-state index contributed by atoms with van der Waals surface area (Å²) in [6.45, 7) is 6.12. The minimum Gasteiger partial charge on any atom is -0.475 e. The summed E-state index contributed by atoms with van der Waals surface area (Å²) in [5, 5.41) is 9.10. The number of nitrogens with zero attached hydrogens (tertiary/aromatic N) is 2. The van der Waals surface area contributed by atoms with Gasteiger partial charge in [0.15, 0.2) is 0 Å². The largest absolute Gasteiger partial charge is 0.475 e. The molecule has 1 saturated heterocycles. The Morgan fingerprint density at radius 2 is 1.77 bits per heavy atom. The van der Waals surface area contributed by atoms with E-state index in [9.17, 15) is 14.0 Å². The first-order chi connectivity index (χ1) is 12.4. The molecule has 7 heteroatoms. The minimum absolute atomic E-state index is 0.0410. The van der Waals surface area contributed by atoms with Crippen molar-refractivity contribution in [2.75, 3.05) is 26.2 Å². The number of carboxylic acid groups (broad SMARTS) is 1. The van der Waals surface area contributed by atoms with E-state index in [-0.39, 0.29) is 17.5 Å². The van der Waals surface area contributed by atoms with Crippen molar-refractivity contribution in [3.63, 3.8) is 0 Å². The van der Waals surface area contributed by atoms with Gasteiger partial charge in [-0.3, -0.25) is 9.69 Å². The van der Waals surface area contributed by atoms with Crippen LogP contribution in [0.15, 0.2) is 28.9 Å². The second-order valence-electron chi connectivity index (χ2n) is 6.57. The van der Waals surface area contributed by atoms with Gasteiger partial charge >= 0.3 is 5.97 Å². The summed E-state index contributed by atoms with van der Waals surface area (Å²) in [6.07, 6.45) is 1.37. The Hall–Kier alpha value is -2.67. The number of carbonyl (C=O) groups is 2. The van der Waals surface area contributed by atoms with E-state index in [0.717, 1.165) is 0 Å². The maximum absolute atomic E-state index is 13.8. The lowest BCUT2D eigenvalue weighted by Gasteiger charge is -2.34. The maximum Gasteiger partial charge on any atom is 0.372 e. The van der Waals surface area contributed by atoms with E-state index < -0.39 is 5.97 Å². The molecule has 6 nitrogen and oxygen atoms in total. The van der Waals surface area contributed by atoms with Crippen molar-refractivity contribution in [1.29, 1.82) is 0 Å². The number of carbonyl (C=O) groups excluding carboxylic acids is 1. The summed E-state index contributed by atoms with van der Waals surface area (Å²) < 4.78 is 18.8. The lowest BCUT2D eigenvalue weighted by Crippen LogP contribution is -2.48. The highest BCUT2D eigenvalue weighted by molar-refractivity contribution is 5.94. The first-order valence-corrected chi connectivity index (χ1v) is 8.45. The highest BCUT2D eigenvalue weighted by atomic mass is 19.1. The molecule has 0 spiro atoms. The van der Waals surface area contributed by atoms with Crippen LogP contribution in [0.1, 0.15) is 37.6 Å². The summed E-state index contributed by atoms with van der Waals surface area (Å²) in [5.74, 6) is -1.51. The molecule has 1 amide bonds. The molecule has 1 N–H and O–H groups in total. The zero-order valence-corrected chi connectivity index (χ0v) is 14.8. The fraction of sp³-hybridized carbons (Fsp3) is 0.368. The fourth-order valence-corrected chi connectivity index (χ4v) is 3.25. The monoisotopic (exact) mass is 360 g/mol. The standard InChI is InChI=1S/C19H21FN2O4/c1-12-9-15(10-13(2)16(12)20)18(23)22-6-4-21(5-7-22)11-14-3-8-26-17(14)19(24)25/h3,8-10H,4-7,11H2,1-2H3,(H,24,25). The van der Waals surface area contributed by atoms with Crippen LogP contribution < -0.4 is 0 Å². The number of piperazine rings is 1. The van der Waals surface area contributed by atoms with Gasteiger partial charge in [0, 0.05) is 43.9 Å². The van der Waals surface area contributed by atoms with E-state index in [2.05, 4.69) is 4.90 Å². The van der Waals surface area contributed by atoms with Crippen LogP contribution in [0.5, 0.6) is 0 Å². The van der Waals surface area contributed by atoms with E-state index in [0.29, 0.717) is 55.0 Å². The number of aromatic carboxylic acids is 1. The summed E-state index contributed by atoms with van der Waals surface area (Å²) in [7, 11) is 0. The van der Waals surface area contributed by atoms with E-state index in [1.54, 1.807) is 36.9 Å². The Labute approximate surface area is 150 Å². The van der Waals surface area contributed by atoms with Gasteiger partial charge in [-0.05, 0) is 43.2 Å². The molecular formula is C19H21FN2O4. The van der Waals surface area contributed by atoms with Crippen molar-refractivity contribution in [2.45, 2.75) is 20.4 Å². The van der Waals surface area contributed by atoms with Crippen LogP contribution in [0.2, 0.25) is 0 Å². The molecule has 1 aromatic heterocycles. The molecule has 0 atom stereocenters. The molecule has 138 valence electrons. The average molecular weight is 360 g/mol. The minimum atomic E-state index is -1.08. The third-order valence-corrected chi connectivity index (χ3v) is 4.68.